The quantitative estimate of drug-likeness (QED) is 0.633. The highest BCUT2D eigenvalue weighted by atomic mass is 16.3. The van der Waals surface area contributed by atoms with Gasteiger partial charge in [-0.25, -0.2) is 0 Å². The minimum atomic E-state index is -0.583. The van der Waals surface area contributed by atoms with E-state index in [1.54, 1.807) is 18.2 Å². The Kier molecular flexibility index (Phi) is 2.85. The number of phenols is 1. The molecule has 0 amide bonds. The van der Waals surface area contributed by atoms with Crippen LogP contribution < -0.4 is 5.73 Å². The average molecular weight is 220 g/mol. The SMILES string of the molecule is Cc1[nH]c2ccc(O)cc2c1C(O)CCN. The maximum absolute atomic E-state index is 10.00. The van der Waals surface area contributed by atoms with Crippen LogP contribution >= 0.6 is 0 Å². The summed E-state index contributed by atoms with van der Waals surface area (Å²) < 4.78 is 0. The molecular weight excluding hydrogens is 204 g/mol. The van der Waals surface area contributed by atoms with E-state index in [1.165, 1.54) is 0 Å². The van der Waals surface area contributed by atoms with Crippen LogP contribution in [0.25, 0.3) is 10.9 Å². The molecule has 1 atom stereocenters. The molecule has 1 aromatic carbocycles. The van der Waals surface area contributed by atoms with Gasteiger partial charge in [0.15, 0.2) is 0 Å². The molecule has 0 aliphatic rings. The maximum atomic E-state index is 10.00. The van der Waals surface area contributed by atoms with Gasteiger partial charge in [-0.05, 0) is 38.1 Å². The Morgan fingerprint density at radius 2 is 2.19 bits per heavy atom. The first kappa shape index (κ1) is 11.0. The Balaban J connectivity index is 2.58. The summed E-state index contributed by atoms with van der Waals surface area (Å²) >= 11 is 0. The van der Waals surface area contributed by atoms with E-state index in [2.05, 4.69) is 4.98 Å². The van der Waals surface area contributed by atoms with E-state index in [9.17, 15) is 10.2 Å². The summed E-state index contributed by atoms with van der Waals surface area (Å²) in [6, 6.07) is 5.08. The standard InChI is InChI=1S/C12H16N2O2/c1-7-12(11(16)4-5-13)9-6-8(15)2-3-10(9)14-7/h2-3,6,11,14-16H,4-5,13H2,1H3. The van der Waals surface area contributed by atoms with Gasteiger partial charge in [0.25, 0.3) is 0 Å². The van der Waals surface area contributed by atoms with Crippen molar-refractivity contribution in [2.75, 3.05) is 6.54 Å². The number of rotatable bonds is 3. The normalized spacial score (nSPS) is 13.2. The predicted octanol–water partition coefficient (Wildman–Crippen LogP) is 1.56. The van der Waals surface area contributed by atoms with Crippen LogP contribution in [0.3, 0.4) is 0 Å². The second-order valence-corrected chi connectivity index (χ2v) is 3.99. The molecule has 0 fully saturated rings. The number of aliphatic hydroxyl groups is 1. The molecule has 2 rings (SSSR count). The van der Waals surface area contributed by atoms with Crippen LogP contribution in [0.5, 0.6) is 5.75 Å². The van der Waals surface area contributed by atoms with Crippen molar-refractivity contribution in [2.45, 2.75) is 19.4 Å². The van der Waals surface area contributed by atoms with Gasteiger partial charge in [0.05, 0.1) is 6.10 Å². The number of hydrogen-bond acceptors (Lipinski definition) is 3. The lowest BCUT2D eigenvalue weighted by atomic mass is 10.0. The van der Waals surface area contributed by atoms with Gasteiger partial charge in [-0.2, -0.15) is 0 Å². The zero-order valence-corrected chi connectivity index (χ0v) is 9.20. The number of aromatic amines is 1. The lowest BCUT2D eigenvalue weighted by Gasteiger charge is -2.09. The van der Waals surface area contributed by atoms with E-state index in [0.717, 1.165) is 22.2 Å². The lowest BCUT2D eigenvalue weighted by molar-refractivity contribution is 0.171. The molecule has 1 aromatic heterocycles. The number of aliphatic hydroxyl groups excluding tert-OH is 1. The van der Waals surface area contributed by atoms with E-state index in [1.807, 2.05) is 6.92 Å². The first-order valence-electron chi connectivity index (χ1n) is 5.33. The van der Waals surface area contributed by atoms with E-state index < -0.39 is 6.10 Å². The number of benzene rings is 1. The Labute approximate surface area is 93.7 Å². The van der Waals surface area contributed by atoms with Crippen molar-refractivity contribution in [1.29, 1.82) is 0 Å². The summed E-state index contributed by atoms with van der Waals surface area (Å²) in [6.45, 7) is 2.35. The van der Waals surface area contributed by atoms with Crippen molar-refractivity contribution in [3.05, 3.63) is 29.5 Å². The van der Waals surface area contributed by atoms with Crippen molar-refractivity contribution >= 4 is 10.9 Å². The van der Waals surface area contributed by atoms with Crippen molar-refractivity contribution in [3.8, 4) is 5.75 Å². The monoisotopic (exact) mass is 220 g/mol. The molecule has 2 aromatic rings. The van der Waals surface area contributed by atoms with Crippen molar-refractivity contribution in [2.24, 2.45) is 5.73 Å². The van der Waals surface area contributed by atoms with Crippen LogP contribution in [0.15, 0.2) is 18.2 Å². The highest BCUT2D eigenvalue weighted by Crippen LogP contribution is 2.31. The smallest absolute Gasteiger partial charge is 0.116 e. The Bertz CT molecular complexity index is 505. The number of aryl methyl sites for hydroxylation is 1. The summed E-state index contributed by atoms with van der Waals surface area (Å²) in [5.74, 6) is 0.202. The van der Waals surface area contributed by atoms with E-state index >= 15 is 0 Å². The number of phenolic OH excluding ortho intramolecular Hbond substituents is 1. The van der Waals surface area contributed by atoms with Gasteiger partial charge in [-0.15, -0.1) is 0 Å². The van der Waals surface area contributed by atoms with Gasteiger partial charge in [0, 0.05) is 22.2 Å². The molecule has 4 nitrogen and oxygen atoms in total. The fourth-order valence-electron chi connectivity index (χ4n) is 2.07. The highest BCUT2D eigenvalue weighted by Gasteiger charge is 2.16. The molecule has 1 unspecified atom stereocenters. The third kappa shape index (κ3) is 1.77. The molecule has 0 radical (unpaired) electrons. The largest absolute Gasteiger partial charge is 0.508 e. The summed E-state index contributed by atoms with van der Waals surface area (Å²) in [6.07, 6.45) is -0.0655. The third-order valence-electron chi connectivity index (χ3n) is 2.79. The number of nitrogens with one attached hydrogen (secondary N) is 1. The summed E-state index contributed by atoms with van der Waals surface area (Å²) in [4.78, 5) is 3.18. The summed E-state index contributed by atoms with van der Waals surface area (Å²) in [5.41, 5.74) is 8.11. The van der Waals surface area contributed by atoms with Crippen LogP contribution in [-0.4, -0.2) is 21.7 Å². The number of H-pyrrole nitrogens is 1. The Hall–Kier alpha value is -1.52. The van der Waals surface area contributed by atoms with Crippen molar-refractivity contribution < 1.29 is 10.2 Å². The number of aromatic hydroxyl groups is 1. The van der Waals surface area contributed by atoms with Gasteiger partial charge >= 0.3 is 0 Å². The second kappa shape index (κ2) is 4.15. The van der Waals surface area contributed by atoms with E-state index in [-0.39, 0.29) is 5.75 Å². The first-order valence-corrected chi connectivity index (χ1v) is 5.33. The molecule has 16 heavy (non-hydrogen) atoms. The minimum absolute atomic E-state index is 0.202. The van der Waals surface area contributed by atoms with Gasteiger partial charge in [0.1, 0.15) is 5.75 Å². The van der Waals surface area contributed by atoms with Crippen LogP contribution in [0.4, 0.5) is 0 Å². The highest BCUT2D eigenvalue weighted by molar-refractivity contribution is 5.86. The van der Waals surface area contributed by atoms with Crippen molar-refractivity contribution in [3.63, 3.8) is 0 Å². The van der Waals surface area contributed by atoms with E-state index in [0.29, 0.717) is 13.0 Å². The van der Waals surface area contributed by atoms with Crippen LogP contribution in [-0.2, 0) is 0 Å². The zero-order valence-electron chi connectivity index (χ0n) is 9.20. The van der Waals surface area contributed by atoms with Gasteiger partial charge in [-0.3, -0.25) is 0 Å². The van der Waals surface area contributed by atoms with E-state index in [4.69, 9.17) is 5.73 Å². The number of nitrogens with two attached hydrogens (primary N) is 1. The molecular formula is C12H16N2O2. The molecule has 5 N–H and O–H groups in total. The van der Waals surface area contributed by atoms with Crippen molar-refractivity contribution in [1.82, 2.24) is 4.98 Å². The van der Waals surface area contributed by atoms with Crippen LogP contribution in [0.2, 0.25) is 0 Å². The third-order valence-corrected chi connectivity index (χ3v) is 2.79. The number of fused-ring (bicyclic) bond motifs is 1. The maximum Gasteiger partial charge on any atom is 0.116 e. The second-order valence-electron chi connectivity index (χ2n) is 3.99. The molecule has 0 saturated heterocycles. The average Bonchev–Trinajstić information content (AvgIpc) is 2.53. The minimum Gasteiger partial charge on any atom is -0.508 e. The molecule has 4 heteroatoms. The summed E-state index contributed by atoms with van der Waals surface area (Å²) in [7, 11) is 0. The number of aromatic nitrogens is 1. The molecule has 1 heterocycles. The fraction of sp³-hybridized carbons (Fsp3) is 0.333. The Morgan fingerprint density at radius 3 is 2.88 bits per heavy atom. The topological polar surface area (TPSA) is 82.3 Å². The number of hydrogen-bond donors (Lipinski definition) is 4. The molecule has 0 aliphatic carbocycles. The Morgan fingerprint density at radius 1 is 1.44 bits per heavy atom. The van der Waals surface area contributed by atoms with Crippen LogP contribution in [0.1, 0.15) is 23.8 Å². The summed E-state index contributed by atoms with van der Waals surface area (Å²) in [5, 5.41) is 20.3. The molecule has 0 spiro atoms. The lowest BCUT2D eigenvalue weighted by Crippen LogP contribution is -2.07. The fourth-order valence-corrected chi connectivity index (χ4v) is 2.07. The molecule has 86 valence electrons. The predicted molar refractivity (Wildman–Crippen MR) is 63.3 cm³/mol. The first-order chi connectivity index (χ1) is 7.63. The van der Waals surface area contributed by atoms with Gasteiger partial charge < -0.3 is 20.9 Å². The molecule has 0 aliphatic heterocycles. The molecule has 0 saturated carbocycles. The van der Waals surface area contributed by atoms with Gasteiger partial charge in [-0.1, -0.05) is 0 Å². The van der Waals surface area contributed by atoms with Crippen LogP contribution in [0, 0.1) is 6.92 Å². The van der Waals surface area contributed by atoms with Gasteiger partial charge in [0.2, 0.25) is 0 Å². The zero-order chi connectivity index (χ0) is 11.7. The molecule has 0 bridgehead atoms.